The number of primary amides is 1. The summed E-state index contributed by atoms with van der Waals surface area (Å²) in [6.07, 6.45) is 3.70. The Balaban J connectivity index is 1.94. The van der Waals surface area contributed by atoms with E-state index in [0.29, 0.717) is 30.9 Å². The number of amides is 1. The molecule has 2 aromatic rings. The maximum Gasteiger partial charge on any atom is 0.250 e. The van der Waals surface area contributed by atoms with Crippen LogP contribution < -0.4 is 10.6 Å². The second kappa shape index (κ2) is 6.70. The van der Waals surface area contributed by atoms with E-state index in [1.165, 1.54) is 6.20 Å². The molecule has 2 N–H and O–H groups in total. The Morgan fingerprint density at radius 1 is 1.43 bits per heavy atom. The second-order valence-corrected chi connectivity index (χ2v) is 5.54. The average Bonchev–Trinajstić information content (AvgIpc) is 2.56. The molecular formula is C16H19N5O2. The van der Waals surface area contributed by atoms with Gasteiger partial charge in [0.05, 0.1) is 36.7 Å². The molecule has 1 unspecified atom stereocenters. The van der Waals surface area contributed by atoms with E-state index >= 15 is 0 Å². The Hall–Kier alpha value is -2.54. The van der Waals surface area contributed by atoms with E-state index in [4.69, 9.17) is 10.5 Å². The molecule has 0 spiro atoms. The fourth-order valence-corrected chi connectivity index (χ4v) is 2.76. The van der Waals surface area contributed by atoms with Gasteiger partial charge in [-0.05, 0) is 19.1 Å². The number of carbonyl (C=O) groups is 1. The smallest absolute Gasteiger partial charge is 0.250 e. The Morgan fingerprint density at radius 3 is 3.09 bits per heavy atom. The summed E-state index contributed by atoms with van der Waals surface area (Å²) < 4.78 is 5.49. The van der Waals surface area contributed by atoms with Crippen LogP contribution in [0.4, 0.5) is 5.82 Å². The largest absolute Gasteiger partial charge is 0.377 e. The van der Waals surface area contributed by atoms with Gasteiger partial charge in [0, 0.05) is 24.7 Å². The average molecular weight is 313 g/mol. The van der Waals surface area contributed by atoms with E-state index in [1.807, 2.05) is 12.1 Å². The zero-order valence-corrected chi connectivity index (χ0v) is 13.0. The van der Waals surface area contributed by atoms with E-state index in [9.17, 15) is 4.79 Å². The molecule has 1 amide bonds. The number of anilines is 1. The molecule has 1 saturated heterocycles. The Labute approximate surface area is 134 Å². The van der Waals surface area contributed by atoms with Crippen molar-refractivity contribution in [1.29, 1.82) is 0 Å². The third-order valence-corrected chi connectivity index (χ3v) is 3.93. The van der Waals surface area contributed by atoms with Crippen LogP contribution in [0.5, 0.6) is 0 Å². The third-order valence-electron chi connectivity index (χ3n) is 3.93. The van der Waals surface area contributed by atoms with Gasteiger partial charge in [-0.25, -0.2) is 4.98 Å². The van der Waals surface area contributed by atoms with Crippen LogP contribution in [0.2, 0.25) is 0 Å². The van der Waals surface area contributed by atoms with Crippen molar-refractivity contribution in [3.63, 3.8) is 0 Å². The fraction of sp³-hybridized carbons (Fsp3) is 0.375. The van der Waals surface area contributed by atoms with E-state index in [1.54, 1.807) is 12.3 Å². The van der Waals surface area contributed by atoms with E-state index in [2.05, 4.69) is 27.0 Å². The molecule has 7 heteroatoms. The summed E-state index contributed by atoms with van der Waals surface area (Å²) in [5, 5.41) is 7.95. The predicted octanol–water partition coefficient (Wildman–Crippen LogP) is 0.786. The van der Waals surface area contributed by atoms with Crippen LogP contribution in [0.25, 0.3) is 0 Å². The van der Waals surface area contributed by atoms with E-state index in [-0.39, 0.29) is 6.04 Å². The van der Waals surface area contributed by atoms with Crippen molar-refractivity contribution in [2.75, 3.05) is 24.7 Å². The maximum absolute atomic E-state index is 11.6. The first-order valence-corrected chi connectivity index (χ1v) is 7.55. The summed E-state index contributed by atoms with van der Waals surface area (Å²) in [5.41, 5.74) is 7.37. The highest BCUT2D eigenvalue weighted by atomic mass is 16.5. The third kappa shape index (κ3) is 3.29. The molecule has 23 heavy (non-hydrogen) atoms. The van der Waals surface area contributed by atoms with Crippen molar-refractivity contribution >= 4 is 11.7 Å². The maximum atomic E-state index is 11.6. The quantitative estimate of drug-likeness (QED) is 0.896. The monoisotopic (exact) mass is 313 g/mol. The summed E-state index contributed by atoms with van der Waals surface area (Å²) in [7, 11) is 0. The normalized spacial score (nSPS) is 18.0. The first kappa shape index (κ1) is 15.4. The number of aromatic nitrogens is 3. The molecular weight excluding hydrogens is 294 g/mol. The Bertz CT molecular complexity index is 706. The number of nitrogens with zero attached hydrogens (tertiary/aromatic N) is 4. The van der Waals surface area contributed by atoms with Crippen molar-refractivity contribution in [1.82, 2.24) is 15.2 Å². The van der Waals surface area contributed by atoms with Gasteiger partial charge < -0.3 is 15.4 Å². The molecule has 1 fully saturated rings. The molecule has 3 rings (SSSR count). The van der Waals surface area contributed by atoms with Crippen LogP contribution in [0.1, 0.15) is 28.5 Å². The minimum absolute atomic E-state index is 0.245. The van der Waals surface area contributed by atoms with Gasteiger partial charge in [-0.1, -0.05) is 6.07 Å². The summed E-state index contributed by atoms with van der Waals surface area (Å²) in [4.78, 5) is 18.3. The Kier molecular flexibility index (Phi) is 4.47. The molecule has 2 aromatic heterocycles. The predicted molar refractivity (Wildman–Crippen MR) is 85.2 cm³/mol. The lowest BCUT2D eigenvalue weighted by molar-refractivity contribution is 0.0984. The highest BCUT2D eigenvalue weighted by Crippen LogP contribution is 2.24. The topological polar surface area (TPSA) is 94.2 Å². The molecule has 7 nitrogen and oxygen atoms in total. The van der Waals surface area contributed by atoms with Gasteiger partial charge in [0.15, 0.2) is 0 Å². The lowest BCUT2D eigenvalue weighted by Crippen LogP contribution is -2.44. The number of hydrogen-bond donors (Lipinski definition) is 1. The van der Waals surface area contributed by atoms with Crippen LogP contribution >= 0.6 is 0 Å². The molecule has 0 saturated carbocycles. The van der Waals surface area contributed by atoms with Crippen LogP contribution in [0.3, 0.4) is 0 Å². The first-order chi connectivity index (χ1) is 11.2. The van der Waals surface area contributed by atoms with Gasteiger partial charge in [0.2, 0.25) is 0 Å². The SMILES string of the molecule is CC1COCCN1c1ncccc1Cc1nnccc1C(N)=O. The van der Waals surface area contributed by atoms with Gasteiger partial charge >= 0.3 is 0 Å². The molecule has 0 aliphatic carbocycles. The standard InChI is InChI=1S/C16H19N5O2/c1-11-10-23-8-7-21(11)16-12(3-2-5-18-16)9-14-13(15(17)22)4-6-19-20-14/h2-6,11H,7-10H2,1H3,(H2,17,22). The number of morpholine rings is 1. The van der Waals surface area contributed by atoms with Crippen LogP contribution in [-0.4, -0.2) is 46.9 Å². The molecule has 3 heterocycles. The molecule has 1 aliphatic rings. The highest BCUT2D eigenvalue weighted by molar-refractivity contribution is 5.93. The number of pyridine rings is 1. The molecule has 0 radical (unpaired) electrons. The van der Waals surface area contributed by atoms with Crippen LogP contribution in [0.15, 0.2) is 30.6 Å². The lowest BCUT2D eigenvalue weighted by Gasteiger charge is -2.35. The number of rotatable bonds is 4. The summed E-state index contributed by atoms with van der Waals surface area (Å²) in [6, 6.07) is 5.71. The first-order valence-electron chi connectivity index (χ1n) is 7.55. The lowest BCUT2D eigenvalue weighted by atomic mass is 10.0. The molecule has 1 atom stereocenters. The number of hydrogen-bond acceptors (Lipinski definition) is 6. The minimum atomic E-state index is -0.500. The Morgan fingerprint density at radius 2 is 2.30 bits per heavy atom. The summed E-state index contributed by atoms with van der Waals surface area (Å²) in [5.74, 6) is 0.393. The zero-order chi connectivity index (χ0) is 16.2. The number of nitrogens with two attached hydrogens (primary N) is 1. The summed E-state index contributed by atoms with van der Waals surface area (Å²) in [6.45, 7) is 4.24. The van der Waals surface area contributed by atoms with Crippen molar-refractivity contribution in [2.24, 2.45) is 5.73 Å². The molecule has 1 aliphatic heterocycles. The van der Waals surface area contributed by atoms with Crippen molar-refractivity contribution in [2.45, 2.75) is 19.4 Å². The molecule has 0 aromatic carbocycles. The van der Waals surface area contributed by atoms with Crippen LogP contribution in [-0.2, 0) is 11.2 Å². The molecule has 120 valence electrons. The zero-order valence-electron chi connectivity index (χ0n) is 13.0. The highest BCUT2D eigenvalue weighted by Gasteiger charge is 2.23. The number of carbonyl (C=O) groups excluding carboxylic acids is 1. The van der Waals surface area contributed by atoms with Gasteiger partial charge in [0.25, 0.3) is 5.91 Å². The van der Waals surface area contributed by atoms with Crippen molar-refractivity contribution < 1.29 is 9.53 Å². The van der Waals surface area contributed by atoms with E-state index < -0.39 is 5.91 Å². The molecule has 0 bridgehead atoms. The van der Waals surface area contributed by atoms with Gasteiger partial charge in [-0.15, -0.1) is 0 Å². The van der Waals surface area contributed by atoms with Crippen molar-refractivity contribution in [3.8, 4) is 0 Å². The second-order valence-electron chi connectivity index (χ2n) is 5.54. The van der Waals surface area contributed by atoms with Crippen LogP contribution in [0, 0.1) is 0 Å². The van der Waals surface area contributed by atoms with Gasteiger partial charge in [0.1, 0.15) is 5.82 Å². The summed E-state index contributed by atoms with van der Waals surface area (Å²) >= 11 is 0. The fourth-order valence-electron chi connectivity index (χ4n) is 2.76. The van der Waals surface area contributed by atoms with Gasteiger partial charge in [-0.2, -0.15) is 10.2 Å². The van der Waals surface area contributed by atoms with Gasteiger partial charge in [-0.3, -0.25) is 4.79 Å². The van der Waals surface area contributed by atoms with Crippen molar-refractivity contribution in [3.05, 3.63) is 47.4 Å². The minimum Gasteiger partial charge on any atom is -0.377 e. The number of ether oxygens (including phenoxy) is 1. The van der Waals surface area contributed by atoms with E-state index in [0.717, 1.165) is 17.9 Å².